The molecule has 3 heterocycles. The molecule has 0 spiro atoms. The maximum Gasteiger partial charge on any atom is 0.270 e. The van der Waals surface area contributed by atoms with Gasteiger partial charge in [-0.05, 0) is 43.4 Å². The molecule has 8 heteroatoms. The highest BCUT2D eigenvalue weighted by Crippen LogP contribution is 2.28. The van der Waals surface area contributed by atoms with Crippen LogP contribution in [0, 0.1) is 11.8 Å². The van der Waals surface area contributed by atoms with Crippen LogP contribution in [0.1, 0.15) is 62.9 Å². The van der Waals surface area contributed by atoms with Crippen molar-refractivity contribution in [3.8, 4) is 0 Å². The van der Waals surface area contributed by atoms with E-state index in [-0.39, 0.29) is 29.6 Å². The average Bonchev–Trinajstić information content (AvgIpc) is 3.22. The fourth-order valence-electron chi connectivity index (χ4n) is 5.18. The minimum Gasteiger partial charge on any atom is -0.344 e. The maximum atomic E-state index is 13.6. The standard InChI is InChI=1S/C26H37N5O3/c1-4-18(2)24(32)28-22(19-9-6-5-7-10-19)26(34)31-15-13-30(14-16-31)25(33)21-17-20-11-8-12-27-23(20)29(21)3/h8,11-12,17-19,22H,4-7,9-10,13-16H2,1-3H3,(H,28,32)/t18-,22+/m1/s1. The van der Waals surface area contributed by atoms with Crippen LogP contribution in [0.15, 0.2) is 24.4 Å². The number of nitrogens with zero attached hydrogens (tertiary/aromatic N) is 4. The van der Waals surface area contributed by atoms with Crippen LogP contribution >= 0.6 is 0 Å². The molecule has 2 aromatic heterocycles. The van der Waals surface area contributed by atoms with Gasteiger partial charge in [-0.1, -0.05) is 33.1 Å². The Bertz CT molecular complexity index is 1030. The zero-order valence-electron chi connectivity index (χ0n) is 20.6. The van der Waals surface area contributed by atoms with Gasteiger partial charge in [0.15, 0.2) is 0 Å². The molecule has 4 rings (SSSR count). The summed E-state index contributed by atoms with van der Waals surface area (Å²) in [5.74, 6) is 0.0106. The molecule has 2 aliphatic rings. The first-order valence-electron chi connectivity index (χ1n) is 12.7. The zero-order valence-corrected chi connectivity index (χ0v) is 20.6. The number of aryl methyl sites for hydroxylation is 1. The first-order valence-corrected chi connectivity index (χ1v) is 12.7. The number of hydrogen-bond acceptors (Lipinski definition) is 4. The summed E-state index contributed by atoms with van der Waals surface area (Å²) in [6.45, 7) is 5.82. The quantitative estimate of drug-likeness (QED) is 0.708. The number of aromatic nitrogens is 2. The number of piperazine rings is 1. The molecule has 1 N–H and O–H groups in total. The van der Waals surface area contributed by atoms with E-state index in [0.29, 0.717) is 31.9 Å². The molecule has 2 fully saturated rings. The van der Waals surface area contributed by atoms with Gasteiger partial charge in [-0.3, -0.25) is 14.4 Å². The Balaban J connectivity index is 1.42. The van der Waals surface area contributed by atoms with Crippen molar-refractivity contribution in [2.45, 2.75) is 58.4 Å². The van der Waals surface area contributed by atoms with Crippen molar-refractivity contribution < 1.29 is 14.4 Å². The number of carbonyl (C=O) groups is 3. The number of nitrogens with one attached hydrogen (secondary N) is 1. The topological polar surface area (TPSA) is 87.5 Å². The summed E-state index contributed by atoms with van der Waals surface area (Å²) in [6, 6.07) is 5.23. The molecule has 1 aliphatic heterocycles. The number of hydrogen-bond donors (Lipinski definition) is 1. The molecule has 0 radical (unpaired) electrons. The minimum atomic E-state index is -0.465. The average molecular weight is 468 g/mol. The van der Waals surface area contributed by atoms with Crippen LogP contribution in [-0.2, 0) is 16.6 Å². The normalized spacial score (nSPS) is 19.1. The van der Waals surface area contributed by atoms with E-state index in [1.807, 2.05) is 53.5 Å². The summed E-state index contributed by atoms with van der Waals surface area (Å²) in [6.07, 6.45) is 7.84. The minimum absolute atomic E-state index is 0.00413. The summed E-state index contributed by atoms with van der Waals surface area (Å²) in [5.41, 5.74) is 1.39. The summed E-state index contributed by atoms with van der Waals surface area (Å²) in [7, 11) is 1.86. The highest BCUT2D eigenvalue weighted by molar-refractivity contribution is 5.98. The molecule has 34 heavy (non-hydrogen) atoms. The number of amides is 3. The highest BCUT2D eigenvalue weighted by atomic mass is 16.2. The molecule has 2 atom stereocenters. The van der Waals surface area contributed by atoms with E-state index in [4.69, 9.17) is 0 Å². The predicted octanol–water partition coefficient (Wildman–Crippen LogP) is 2.97. The first-order chi connectivity index (χ1) is 16.4. The Morgan fingerprint density at radius 2 is 1.76 bits per heavy atom. The Morgan fingerprint density at radius 3 is 2.41 bits per heavy atom. The van der Waals surface area contributed by atoms with Gasteiger partial charge in [0.05, 0.1) is 0 Å². The molecule has 1 saturated carbocycles. The van der Waals surface area contributed by atoms with Crippen LogP contribution in [0.5, 0.6) is 0 Å². The zero-order chi connectivity index (χ0) is 24.2. The molecule has 0 aromatic carbocycles. The summed E-state index contributed by atoms with van der Waals surface area (Å²) < 4.78 is 1.83. The fraction of sp³-hybridized carbons (Fsp3) is 0.615. The van der Waals surface area contributed by atoms with E-state index in [2.05, 4.69) is 10.3 Å². The summed E-state index contributed by atoms with van der Waals surface area (Å²) in [5, 5.41) is 4.04. The number of rotatable bonds is 6. The van der Waals surface area contributed by atoms with Crippen LogP contribution in [0.4, 0.5) is 0 Å². The molecule has 3 amide bonds. The molecule has 1 aliphatic carbocycles. The Kier molecular flexibility index (Phi) is 7.54. The van der Waals surface area contributed by atoms with Gasteiger partial charge < -0.3 is 19.7 Å². The van der Waals surface area contributed by atoms with Crippen LogP contribution in [0.2, 0.25) is 0 Å². The molecule has 0 bridgehead atoms. The van der Waals surface area contributed by atoms with Gasteiger partial charge in [-0.25, -0.2) is 4.98 Å². The van der Waals surface area contributed by atoms with Crippen LogP contribution in [-0.4, -0.2) is 69.3 Å². The van der Waals surface area contributed by atoms with Crippen molar-refractivity contribution in [3.63, 3.8) is 0 Å². The SMILES string of the molecule is CC[C@@H](C)C(=O)N[C@H](C(=O)N1CCN(C(=O)c2cc3cccnc3n2C)CC1)C1CCCCC1. The number of fused-ring (bicyclic) bond motifs is 1. The Morgan fingerprint density at radius 1 is 1.09 bits per heavy atom. The first kappa shape index (κ1) is 24.2. The molecular weight excluding hydrogens is 430 g/mol. The summed E-state index contributed by atoms with van der Waals surface area (Å²) in [4.78, 5) is 47.5. The van der Waals surface area contributed by atoms with Gasteiger partial charge in [-0.15, -0.1) is 0 Å². The van der Waals surface area contributed by atoms with Crippen LogP contribution < -0.4 is 5.32 Å². The Hall–Kier alpha value is -2.90. The maximum absolute atomic E-state index is 13.6. The van der Waals surface area contributed by atoms with Gasteiger partial charge in [0.25, 0.3) is 5.91 Å². The van der Waals surface area contributed by atoms with Crippen LogP contribution in [0.25, 0.3) is 11.0 Å². The molecule has 2 aromatic rings. The van der Waals surface area contributed by atoms with E-state index in [9.17, 15) is 14.4 Å². The lowest BCUT2D eigenvalue weighted by Gasteiger charge is -2.39. The second kappa shape index (κ2) is 10.6. The molecule has 1 saturated heterocycles. The van der Waals surface area contributed by atoms with E-state index >= 15 is 0 Å². The third-order valence-corrected chi connectivity index (χ3v) is 7.63. The van der Waals surface area contributed by atoms with Gasteiger partial charge >= 0.3 is 0 Å². The van der Waals surface area contributed by atoms with Gasteiger partial charge in [0.1, 0.15) is 17.4 Å². The van der Waals surface area contributed by atoms with Crippen molar-refractivity contribution in [1.82, 2.24) is 24.7 Å². The smallest absolute Gasteiger partial charge is 0.270 e. The third-order valence-electron chi connectivity index (χ3n) is 7.63. The van der Waals surface area contributed by atoms with Gasteiger partial charge in [-0.2, -0.15) is 0 Å². The van der Waals surface area contributed by atoms with Crippen molar-refractivity contribution in [3.05, 3.63) is 30.1 Å². The number of pyridine rings is 1. The van der Waals surface area contributed by atoms with Crippen molar-refractivity contribution >= 4 is 28.8 Å². The molecule has 0 unspecified atom stereocenters. The van der Waals surface area contributed by atoms with E-state index in [1.54, 1.807) is 6.20 Å². The van der Waals surface area contributed by atoms with E-state index in [1.165, 1.54) is 6.42 Å². The third kappa shape index (κ3) is 4.95. The molecular formula is C26H37N5O3. The van der Waals surface area contributed by atoms with Crippen molar-refractivity contribution in [1.29, 1.82) is 0 Å². The van der Waals surface area contributed by atoms with E-state index < -0.39 is 6.04 Å². The predicted molar refractivity (Wildman–Crippen MR) is 131 cm³/mol. The highest BCUT2D eigenvalue weighted by Gasteiger charge is 2.36. The lowest BCUT2D eigenvalue weighted by molar-refractivity contribution is -0.140. The second-order valence-electron chi connectivity index (χ2n) is 9.82. The lowest BCUT2D eigenvalue weighted by Crippen LogP contribution is -2.58. The second-order valence-corrected chi connectivity index (χ2v) is 9.82. The lowest BCUT2D eigenvalue weighted by atomic mass is 9.83. The van der Waals surface area contributed by atoms with Gasteiger partial charge in [0.2, 0.25) is 11.8 Å². The summed E-state index contributed by atoms with van der Waals surface area (Å²) >= 11 is 0. The molecule has 184 valence electrons. The largest absolute Gasteiger partial charge is 0.344 e. The van der Waals surface area contributed by atoms with E-state index in [0.717, 1.165) is 43.1 Å². The van der Waals surface area contributed by atoms with Crippen molar-refractivity contribution in [2.24, 2.45) is 18.9 Å². The number of carbonyl (C=O) groups excluding carboxylic acids is 3. The Labute approximate surface area is 201 Å². The van der Waals surface area contributed by atoms with Crippen molar-refractivity contribution in [2.75, 3.05) is 26.2 Å². The monoisotopic (exact) mass is 467 g/mol. The van der Waals surface area contributed by atoms with Gasteiger partial charge in [0, 0.05) is 50.7 Å². The molecule has 8 nitrogen and oxygen atoms in total. The fourth-order valence-corrected chi connectivity index (χ4v) is 5.18. The van der Waals surface area contributed by atoms with Crippen LogP contribution in [0.3, 0.4) is 0 Å².